The van der Waals surface area contributed by atoms with E-state index in [0.29, 0.717) is 18.2 Å². The fourth-order valence-corrected chi connectivity index (χ4v) is 4.73. The largest absolute Gasteiger partial charge is 0.290 e. The molecule has 34 heavy (non-hydrogen) atoms. The number of hydrogen-bond donors (Lipinski definition) is 1. The molecule has 1 aliphatic carbocycles. The van der Waals surface area contributed by atoms with Crippen LogP contribution >= 0.6 is 0 Å². The predicted octanol–water partition coefficient (Wildman–Crippen LogP) is 4.89. The molecule has 1 aliphatic rings. The maximum atomic E-state index is 13.0. The van der Waals surface area contributed by atoms with E-state index in [2.05, 4.69) is 68.0 Å². The molecule has 0 atom stereocenters. The second-order valence-electron chi connectivity index (χ2n) is 8.94. The number of nitrogens with zero attached hydrogens (tertiary/aromatic N) is 6. The molecule has 1 N–H and O–H groups in total. The summed E-state index contributed by atoms with van der Waals surface area (Å²) in [6, 6.07) is 16.4. The Balaban J connectivity index is 1.37. The second-order valence-corrected chi connectivity index (χ2v) is 8.94. The Hall–Kier alpha value is -3.68. The van der Waals surface area contributed by atoms with Gasteiger partial charge in [0.2, 0.25) is 17.4 Å². The van der Waals surface area contributed by atoms with E-state index < -0.39 is 0 Å². The van der Waals surface area contributed by atoms with E-state index in [4.69, 9.17) is 0 Å². The summed E-state index contributed by atoms with van der Waals surface area (Å²) in [5.41, 5.74) is 4.16. The third-order valence-electron chi connectivity index (χ3n) is 6.53. The number of nitrogens with one attached hydrogen (secondary N) is 1. The first kappa shape index (κ1) is 22.1. The van der Waals surface area contributed by atoms with Gasteiger partial charge in [-0.15, -0.1) is 15.3 Å². The highest BCUT2D eigenvalue weighted by Gasteiger charge is 2.26. The van der Waals surface area contributed by atoms with Gasteiger partial charge in [-0.3, -0.25) is 4.79 Å². The quantitative estimate of drug-likeness (QED) is 0.380. The van der Waals surface area contributed by atoms with Gasteiger partial charge in [-0.05, 0) is 41.2 Å². The molecule has 0 spiro atoms. The van der Waals surface area contributed by atoms with Gasteiger partial charge < -0.3 is 0 Å². The zero-order chi connectivity index (χ0) is 23.3. The number of H-pyrrole nitrogens is 1. The van der Waals surface area contributed by atoms with Crippen molar-refractivity contribution in [3.05, 3.63) is 65.7 Å². The number of carbonyl (C=O) groups excluding carboxylic acids is 1. The summed E-state index contributed by atoms with van der Waals surface area (Å²) in [5.74, 6) is 2.04. The number of aromatic amines is 1. The Morgan fingerprint density at radius 1 is 1.03 bits per heavy atom. The fourth-order valence-electron chi connectivity index (χ4n) is 4.73. The molecule has 0 saturated heterocycles. The Kier molecular flexibility index (Phi) is 6.56. The van der Waals surface area contributed by atoms with Crippen LogP contribution < -0.4 is 0 Å². The standard InChI is InChI=1S/C26H29N7O/c1-2-8-23-27-26(24(34)20-9-4-3-5-10-20)30-33(23)17-18-13-15-19(16-14-18)21-11-6-7-12-22(21)25-28-31-32-29-25/h6-7,11-16,20H,2-5,8-10,17H2,1H3,(H,28,29,31,32). The molecule has 2 aromatic heterocycles. The van der Waals surface area contributed by atoms with Gasteiger partial charge in [-0.25, -0.2) is 9.67 Å². The lowest BCUT2D eigenvalue weighted by molar-refractivity contribution is 0.0878. The van der Waals surface area contributed by atoms with Crippen molar-refractivity contribution >= 4 is 5.78 Å². The molecule has 2 heterocycles. The SMILES string of the molecule is CCCc1nc(C(=O)C2CCCCC2)nn1Cc1ccc(-c2ccccc2-c2nn[nH]n2)cc1. The lowest BCUT2D eigenvalue weighted by Gasteiger charge is -2.18. The third kappa shape index (κ3) is 4.66. The van der Waals surface area contributed by atoms with Gasteiger partial charge in [0.05, 0.1) is 6.54 Å². The van der Waals surface area contributed by atoms with Crippen LogP contribution in [0.3, 0.4) is 0 Å². The fraction of sp³-hybridized carbons (Fsp3) is 0.385. The number of tetrazole rings is 1. The minimum atomic E-state index is 0.0811. The molecule has 0 unspecified atom stereocenters. The van der Waals surface area contributed by atoms with Crippen LogP contribution in [0.5, 0.6) is 0 Å². The summed E-state index contributed by atoms with van der Waals surface area (Å²) in [6.45, 7) is 2.71. The number of Topliss-reactive ketones (excluding diaryl/α,β-unsaturated/α-hetero) is 1. The van der Waals surface area contributed by atoms with Crippen molar-refractivity contribution in [3.8, 4) is 22.5 Å². The van der Waals surface area contributed by atoms with Crippen LogP contribution in [0.1, 0.15) is 67.5 Å². The minimum Gasteiger partial charge on any atom is -0.290 e. The van der Waals surface area contributed by atoms with Crippen molar-refractivity contribution in [2.45, 2.75) is 58.4 Å². The summed E-state index contributed by atoms with van der Waals surface area (Å²) in [7, 11) is 0. The highest BCUT2D eigenvalue weighted by molar-refractivity contribution is 5.94. The molecule has 0 aliphatic heterocycles. The zero-order valence-electron chi connectivity index (χ0n) is 19.4. The van der Waals surface area contributed by atoms with E-state index in [0.717, 1.165) is 66.6 Å². The van der Waals surface area contributed by atoms with Crippen LogP contribution in [0.2, 0.25) is 0 Å². The zero-order valence-corrected chi connectivity index (χ0v) is 19.4. The molecule has 1 saturated carbocycles. The highest BCUT2D eigenvalue weighted by atomic mass is 16.1. The molecular weight excluding hydrogens is 426 g/mol. The summed E-state index contributed by atoms with van der Waals surface area (Å²) in [5, 5.41) is 19.1. The maximum absolute atomic E-state index is 13.0. The van der Waals surface area contributed by atoms with Crippen molar-refractivity contribution in [1.29, 1.82) is 0 Å². The van der Waals surface area contributed by atoms with Crippen LogP contribution in [-0.4, -0.2) is 41.2 Å². The first-order chi connectivity index (χ1) is 16.7. The number of benzene rings is 2. The molecule has 4 aromatic rings. The van der Waals surface area contributed by atoms with Gasteiger partial charge in [0.25, 0.3) is 0 Å². The van der Waals surface area contributed by atoms with Crippen LogP contribution in [0.15, 0.2) is 48.5 Å². The average molecular weight is 456 g/mol. The van der Waals surface area contributed by atoms with Gasteiger partial charge in [-0.1, -0.05) is 74.7 Å². The maximum Gasteiger partial charge on any atom is 0.217 e. The van der Waals surface area contributed by atoms with Crippen molar-refractivity contribution in [2.75, 3.05) is 0 Å². The van der Waals surface area contributed by atoms with E-state index in [-0.39, 0.29) is 11.7 Å². The Morgan fingerprint density at radius 3 is 2.50 bits per heavy atom. The topological polar surface area (TPSA) is 102 Å². The highest BCUT2D eigenvalue weighted by Crippen LogP contribution is 2.30. The summed E-state index contributed by atoms with van der Waals surface area (Å²) in [6.07, 6.45) is 7.17. The second kappa shape index (κ2) is 10.1. The summed E-state index contributed by atoms with van der Waals surface area (Å²) >= 11 is 0. The molecule has 0 radical (unpaired) electrons. The van der Waals surface area contributed by atoms with Gasteiger partial charge >= 0.3 is 0 Å². The van der Waals surface area contributed by atoms with Crippen LogP contribution in [0.25, 0.3) is 22.5 Å². The van der Waals surface area contributed by atoms with Gasteiger partial charge in [0.1, 0.15) is 5.82 Å². The monoisotopic (exact) mass is 455 g/mol. The van der Waals surface area contributed by atoms with Crippen LogP contribution in [-0.2, 0) is 13.0 Å². The van der Waals surface area contributed by atoms with E-state index in [1.54, 1.807) is 0 Å². The minimum absolute atomic E-state index is 0.0811. The number of ketones is 1. The van der Waals surface area contributed by atoms with E-state index in [9.17, 15) is 4.79 Å². The molecule has 0 bridgehead atoms. The first-order valence-electron chi connectivity index (χ1n) is 12.1. The lowest BCUT2D eigenvalue weighted by Crippen LogP contribution is -2.19. The molecule has 5 rings (SSSR count). The molecule has 2 aromatic carbocycles. The van der Waals surface area contributed by atoms with Crippen molar-refractivity contribution in [3.63, 3.8) is 0 Å². The molecule has 0 amide bonds. The number of carbonyl (C=O) groups is 1. The average Bonchev–Trinajstić information content (AvgIpc) is 3.56. The van der Waals surface area contributed by atoms with Gasteiger partial charge in [-0.2, -0.15) is 5.21 Å². The van der Waals surface area contributed by atoms with E-state index in [1.807, 2.05) is 22.9 Å². The van der Waals surface area contributed by atoms with Gasteiger partial charge in [0.15, 0.2) is 0 Å². The van der Waals surface area contributed by atoms with Crippen molar-refractivity contribution in [1.82, 2.24) is 35.4 Å². The van der Waals surface area contributed by atoms with Gasteiger partial charge in [0, 0.05) is 17.9 Å². The third-order valence-corrected chi connectivity index (χ3v) is 6.53. The molecule has 174 valence electrons. The molecular formula is C26H29N7O. The number of aryl methyl sites for hydroxylation is 1. The Morgan fingerprint density at radius 2 is 1.79 bits per heavy atom. The molecule has 8 heteroatoms. The first-order valence-corrected chi connectivity index (χ1v) is 12.1. The normalized spacial score (nSPS) is 14.4. The lowest BCUT2D eigenvalue weighted by atomic mass is 9.86. The smallest absolute Gasteiger partial charge is 0.217 e. The number of rotatable bonds is 8. The Labute approximate surface area is 198 Å². The summed E-state index contributed by atoms with van der Waals surface area (Å²) in [4.78, 5) is 17.7. The predicted molar refractivity (Wildman–Crippen MR) is 129 cm³/mol. The van der Waals surface area contributed by atoms with Crippen molar-refractivity contribution in [2.24, 2.45) is 5.92 Å². The Bertz CT molecular complexity index is 1240. The molecule has 8 nitrogen and oxygen atoms in total. The van der Waals surface area contributed by atoms with E-state index in [1.165, 1.54) is 6.42 Å². The van der Waals surface area contributed by atoms with Crippen LogP contribution in [0, 0.1) is 5.92 Å². The van der Waals surface area contributed by atoms with Crippen LogP contribution in [0.4, 0.5) is 0 Å². The van der Waals surface area contributed by atoms with E-state index >= 15 is 0 Å². The number of hydrogen-bond acceptors (Lipinski definition) is 6. The molecule has 1 fully saturated rings. The van der Waals surface area contributed by atoms with Crippen molar-refractivity contribution < 1.29 is 4.79 Å². The number of aromatic nitrogens is 7. The summed E-state index contributed by atoms with van der Waals surface area (Å²) < 4.78 is 1.90.